The summed E-state index contributed by atoms with van der Waals surface area (Å²) in [5, 5.41) is 12.0. The van der Waals surface area contributed by atoms with Crippen molar-refractivity contribution in [3.8, 4) is 0 Å². The molecule has 0 aromatic heterocycles. The average molecular weight is 274 g/mol. The number of halogens is 1. The Hall–Kier alpha value is -2.56. The normalized spacial score (nSPS) is 11.9. The summed E-state index contributed by atoms with van der Waals surface area (Å²) in [6.45, 7) is 1.91. The molecule has 104 valence electrons. The van der Waals surface area contributed by atoms with Gasteiger partial charge in [-0.3, -0.25) is 0 Å². The number of hydrogen-bond acceptors (Lipinski definition) is 3. The van der Waals surface area contributed by atoms with Crippen LogP contribution in [0.25, 0.3) is 0 Å². The van der Waals surface area contributed by atoms with Crippen LogP contribution in [0.5, 0.6) is 0 Å². The summed E-state index contributed by atoms with van der Waals surface area (Å²) < 4.78 is 12.9. The van der Waals surface area contributed by atoms with E-state index in [1.807, 2.05) is 6.92 Å². The maximum atomic E-state index is 12.9. The van der Waals surface area contributed by atoms with E-state index < -0.39 is 5.97 Å². The minimum absolute atomic E-state index is 0.0754. The van der Waals surface area contributed by atoms with Crippen molar-refractivity contribution >= 4 is 17.3 Å². The summed E-state index contributed by atoms with van der Waals surface area (Å²) in [4.78, 5) is 10.8. The Labute approximate surface area is 116 Å². The van der Waals surface area contributed by atoms with Crippen LogP contribution >= 0.6 is 0 Å². The van der Waals surface area contributed by atoms with Crippen LogP contribution in [0.4, 0.5) is 15.8 Å². The topological polar surface area (TPSA) is 75.3 Å². The molecule has 0 saturated carbocycles. The average Bonchev–Trinajstić information content (AvgIpc) is 2.41. The van der Waals surface area contributed by atoms with E-state index in [9.17, 15) is 9.18 Å². The van der Waals surface area contributed by atoms with E-state index in [4.69, 9.17) is 10.8 Å². The third kappa shape index (κ3) is 3.06. The third-order valence-corrected chi connectivity index (χ3v) is 3.04. The first-order chi connectivity index (χ1) is 9.47. The second kappa shape index (κ2) is 5.61. The fourth-order valence-electron chi connectivity index (χ4n) is 1.90. The van der Waals surface area contributed by atoms with Gasteiger partial charge >= 0.3 is 5.97 Å². The molecule has 5 heteroatoms. The molecule has 1 unspecified atom stereocenters. The summed E-state index contributed by atoms with van der Waals surface area (Å²) >= 11 is 0. The highest BCUT2D eigenvalue weighted by atomic mass is 19.1. The molecule has 0 radical (unpaired) electrons. The van der Waals surface area contributed by atoms with Crippen LogP contribution in [0.1, 0.15) is 28.9 Å². The first-order valence-electron chi connectivity index (χ1n) is 6.12. The summed E-state index contributed by atoms with van der Waals surface area (Å²) in [7, 11) is 0. The van der Waals surface area contributed by atoms with Gasteiger partial charge in [0.2, 0.25) is 0 Å². The van der Waals surface area contributed by atoms with Crippen molar-refractivity contribution in [2.75, 3.05) is 11.1 Å². The van der Waals surface area contributed by atoms with E-state index in [0.29, 0.717) is 11.4 Å². The number of nitrogens with one attached hydrogen (secondary N) is 1. The monoisotopic (exact) mass is 274 g/mol. The molecule has 0 aliphatic carbocycles. The van der Waals surface area contributed by atoms with Gasteiger partial charge in [-0.25, -0.2) is 9.18 Å². The molecule has 0 fully saturated rings. The van der Waals surface area contributed by atoms with Gasteiger partial charge in [0.15, 0.2) is 0 Å². The maximum Gasteiger partial charge on any atom is 0.335 e. The molecule has 0 aliphatic rings. The van der Waals surface area contributed by atoms with Gasteiger partial charge in [-0.05, 0) is 42.8 Å². The van der Waals surface area contributed by atoms with E-state index >= 15 is 0 Å². The summed E-state index contributed by atoms with van der Waals surface area (Å²) in [6.07, 6.45) is 0. The number of aromatic carboxylic acids is 1. The zero-order valence-electron chi connectivity index (χ0n) is 10.9. The molecule has 4 nitrogen and oxygen atoms in total. The van der Waals surface area contributed by atoms with Gasteiger partial charge < -0.3 is 16.2 Å². The molecule has 0 bridgehead atoms. The second-order valence-electron chi connectivity index (χ2n) is 4.52. The van der Waals surface area contributed by atoms with Gasteiger partial charge in [0.25, 0.3) is 0 Å². The lowest BCUT2D eigenvalue weighted by Gasteiger charge is -2.17. The highest BCUT2D eigenvalue weighted by Crippen LogP contribution is 2.25. The number of benzene rings is 2. The minimum atomic E-state index is -1.02. The fraction of sp³-hybridized carbons (Fsp3) is 0.133. The van der Waals surface area contributed by atoms with E-state index in [-0.39, 0.29) is 17.4 Å². The quantitative estimate of drug-likeness (QED) is 0.748. The van der Waals surface area contributed by atoms with Crippen molar-refractivity contribution in [1.29, 1.82) is 0 Å². The first kappa shape index (κ1) is 13.9. The van der Waals surface area contributed by atoms with Crippen LogP contribution in [0.15, 0.2) is 42.5 Å². The molecule has 20 heavy (non-hydrogen) atoms. The van der Waals surface area contributed by atoms with Crippen molar-refractivity contribution in [1.82, 2.24) is 0 Å². The fourth-order valence-corrected chi connectivity index (χ4v) is 1.90. The van der Waals surface area contributed by atoms with Crippen molar-refractivity contribution in [3.05, 3.63) is 59.4 Å². The van der Waals surface area contributed by atoms with Crippen LogP contribution in [0.3, 0.4) is 0 Å². The summed E-state index contributed by atoms with van der Waals surface area (Å²) in [6, 6.07) is 10.6. The lowest BCUT2D eigenvalue weighted by atomic mass is 10.1. The predicted molar refractivity (Wildman–Crippen MR) is 76.3 cm³/mol. The Kier molecular flexibility index (Phi) is 3.89. The zero-order chi connectivity index (χ0) is 14.7. The molecule has 2 aromatic carbocycles. The molecule has 2 aromatic rings. The Morgan fingerprint density at radius 2 is 1.90 bits per heavy atom. The Balaban J connectivity index is 2.17. The predicted octanol–water partition coefficient (Wildman–Crippen LogP) is 3.28. The second-order valence-corrected chi connectivity index (χ2v) is 4.52. The number of anilines is 2. The number of carboxylic acids is 1. The molecule has 0 spiro atoms. The highest BCUT2D eigenvalue weighted by Gasteiger charge is 2.10. The first-order valence-corrected chi connectivity index (χ1v) is 6.12. The van der Waals surface area contributed by atoms with Crippen molar-refractivity contribution < 1.29 is 14.3 Å². The lowest BCUT2D eigenvalue weighted by Crippen LogP contribution is -2.09. The van der Waals surface area contributed by atoms with Crippen LogP contribution in [-0.4, -0.2) is 11.1 Å². The number of hydrogen-bond donors (Lipinski definition) is 3. The van der Waals surface area contributed by atoms with Crippen LogP contribution in [0, 0.1) is 5.82 Å². The molecular weight excluding hydrogens is 259 g/mol. The number of nitrogen functional groups attached to an aromatic ring is 1. The van der Waals surface area contributed by atoms with E-state index in [1.54, 1.807) is 18.2 Å². The van der Waals surface area contributed by atoms with Gasteiger partial charge in [-0.15, -0.1) is 0 Å². The molecule has 2 rings (SSSR count). The molecule has 0 saturated heterocycles. The summed E-state index contributed by atoms with van der Waals surface area (Å²) in [5.74, 6) is -1.30. The van der Waals surface area contributed by atoms with Crippen LogP contribution in [0.2, 0.25) is 0 Å². The Morgan fingerprint density at radius 3 is 2.45 bits per heavy atom. The molecular formula is C15H15FN2O2. The maximum absolute atomic E-state index is 12.9. The Morgan fingerprint density at radius 1 is 1.25 bits per heavy atom. The SMILES string of the molecule is CC(Nc1ccc(C(=O)O)cc1N)c1ccc(F)cc1. The van der Waals surface area contributed by atoms with Gasteiger partial charge in [0.1, 0.15) is 5.82 Å². The number of rotatable bonds is 4. The van der Waals surface area contributed by atoms with Gasteiger partial charge in [-0.1, -0.05) is 12.1 Å². The molecule has 0 heterocycles. The van der Waals surface area contributed by atoms with Gasteiger partial charge in [-0.2, -0.15) is 0 Å². The molecule has 0 aliphatic heterocycles. The van der Waals surface area contributed by atoms with Crippen molar-refractivity contribution in [2.45, 2.75) is 13.0 Å². The minimum Gasteiger partial charge on any atom is -0.478 e. The van der Waals surface area contributed by atoms with Crippen LogP contribution in [-0.2, 0) is 0 Å². The van der Waals surface area contributed by atoms with Gasteiger partial charge in [0, 0.05) is 6.04 Å². The lowest BCUT2D eigenvalue weighted by molar-refractivity contribution is 0.0697. The number of carbonyl (C=O) groups is 1. The highest BCUT2D eigenvalue weighted by molar-refractivity contribution is 5.90. The standard InChI is InChI=1S/C15H15FN2O2/c1-9(10-2-5-12(16)6-3-10)18-14-7-4-11(15(19)20)8-13(14)17/h2-9,18H,17H2,1H3,(H,19,20). The van der Waals surface area contributed by atoms with Crippen molar-refractivity contribution in [2.24, 2.45) is 0 Å². The molecule has 1 atom stereocenters. The van der Waals surface area contributed by atoms with E-state index in [1.165, 1.54) is 24.3 Å². The van der Waals surface area contributed by atoms with E-state index in [2.05, 4.69) is 5.32 Å². The number of nitrogens with two attached hydrogens (primary N) is 1. The third-order valence-electron chi connectivity index (χ3n) is 3.04. The smallest absolute Gasteiger partial charge is 0.335 e. The van der Waals surface area contributed by atoms with Crippen LogP contribution < -0.4 is 11.1 Å². The number of carboxylic acid groups (broad SMARTS) is 1. The molecule has 0 amide bonds. The summed E-state index contributed by atoms with van der Waals surface area (Å²) in [5.41, 5.74) is 7.88. The molecule has 4 N–H and O–H groups in total. The van der Waals surface area contributed by atoms with Crippen molar-refractivity contribution in [3.63, 3.8) is 0 Å². The Bertz CT molecular complexity index is 626. The van der Waals surface area contributed by atoms with Gasteiger partial charge in [0.05, 0.1) is 16.9 Å². The van der Waals surface area contributed by atoms with E-state index in [0.717, 1.165) is 5.56 Å². The largest absolute Gasteiger partial charge is 0.478 e. The zero-order valence-corrected chi connectivity index (χ0v) is 10.9.